The van der Waals surface area contributed by atoms with Crippen LogP contribution in [0.1, 0.15) is 33.3 Å². The summed E-state index contributed by atoms with van der Waals surface area (Å²) < 4.78 is 31.8. The first-order valence-corrected chi connectivity index (χ1v) is 10.7. The Bertz CT molecular complexity index is 637. The van der Waals surface area contributed by atoms with Gasteiger partial charge < -0.3 is 13.7 Å². The van der Waals surface area contributed by atoms with Crippen molar-refractivity contribution in [3.05, 3.63) is 33.6 Å². The van der Waals surface area contributed by atoms with E-state index in [1.165, 1.54) is 12.1 Å². The minimum Gasteiger partial charge on any atom is -0.416 e. The van der Waals surface area contributed by atoms with E-state index in [1.54, 1.807) is 0 Å². The third-order valence-electron chi connectivity index (χ3n) is 4.49. The van der Waals surface area contributed by atoms with E-state index in [9.17, 15) is 14.5 Å². The Morgan fingerprint density at radius 1 is 1.25 bits per heavy atom. The number of rotatable bonds is 5. The molecule has 6 nitrogen and oxygen atoms in total. The number of hydrogen-bond acceptors (Lipinski definition) is 5. The largest absolute Gasteiger partial charge is 0.502 e. The van der Waals surface area contributed by atoms with Crippen LogP contribution >= 0.6 is 0 Å². The second-order valence-electron chi connectivity index (χ2n) is 7.18. The maximum absolute atomic E-state index is 14.7. The van der Waals surface area contributed by atoms with Gasteiger partial charge in [0.2, 0.25) is 5.82 Å². The Morgan fingerprint density at radius 2 is 1.79 bits per heavy atom. The monoisotopic (exact) mass is 355 g/mol. The summed E-state index contributed by atoms with van der Waals surface area (Å²) in [4.78, 5) is 10.7. The molecule has 132 valence electrons. The van der Waals surface area contributed by atoms with Gasteiger partial charge in [0.1, 0.15) is 0 Å². The van der Waals surface area contributed by atoms with Gasteiger partial charge in [-0.3, -0.25) is 10.1 Å². The molecule has 0 bridgehead atoms. The fraction of sp³-hybridized carbons (Fsp3) is 0.600. The zero-order chi connectivity index (χ0) is 18.3. The molecule has 1 aromatic carbocycles. The molecule has 0 saturated carbocycles. The molecule has 0 aromatic heterocycles. The van der Waals surface area contributed by atoms with Crippen LogP contribution in [-0.2, 0) is 20.3 Å². The van der Waals surface area contributed by atoms with E-state index < -0.39 is 43.8 Å². The van der Waals surface area contributed by atoms with Crippen LogP contribution in [0, 0.1) is 15.9 Å². The molecule has 24 heavy (non-hydrogen) atoms. The molecule has 0 N–H and O–H groups in total. The first kappa shape index (κ1) is 19.0. The molecule has 1 fully saturated rings. The van der Waals surface area contributed by atoms with Crippen molar-refractivity contribution < 1.29 is 23.0 Å². The molecule has 2 rings (SSSR count). The van der Waals surface area contributed by atoms with Crippen molar-refractivity contribution in [2.24, 2.45) is 0 Å². The lowest BCUT2D eigenvalue weighted by Crippen LogP contribution is -2.41. The Balaban J connectivity index is 2.42. The van der Waals surface area contributed by atoms with Gasteiger partial charge >= 0.3 is 12.8 Å². The summed E-state index contributed by atoms with van der Waals surface area (Å²) in [7, 11) is -2.34. The summed E-state index contributed by atoms with van der Waals surface area (Å²) in [6, 6.07) is 2.99. The van der Waals surface area contributed by atoms with E-state index in [2.05, 4.69) is 0 Å². The van der Waals surface area contributed by atoms with Gasteiger partial charge in [-0.25, -0.2) is 0 Å². The highest BCUT2D eigenvalue weighted by atomic mass is 28.3. The second-order valence-corrected chi connectivity index (χ2v) is 9.61. The predicted molar refractivity (Wildman–Crippen MR) is 92.4 cm³/mol. The van der Waals surface area contributed by atoms with Gasteiger partial charge in [-0.15, -0.1) is 0 Å². The van der Waals surface area contributed by atoms with Gasteiger partial charge in [0.05, 0.1) is 28.2 Å². The molecule has 0 radical (unpaired) electrons. The Kier molecular flexibility index (Phi) is 5.20. The average molecular weight is 355 g/mol. The van der Waals surface area contributed by atoms with Gasteiger partial charge in [-0.2, -0.15) is 4.39 Å². The summed E-state index contributed by atoms with van der Waals surface area (Å²) in [5.74, 6) is -0.887. The molecule has 9 heteroatoms. The van der Waals surface area contributed by atoms with Crippen LogP contribution in [-0.4, -0.2) is 32.3 Å². The second kappa shape index (κ2) is 6.55. The Hall–Kier alpha value is -1.29. The van der Waals surface area contributed by atoms with Crippen LogP contribution in [0.25, 0.3) is 0 Å². The van der Waals surface area contributed by atoms with Crippen LogP contribution in [0.4, 0.5) is 10.1 Å². The molecule has 0 atom stereocenters. The normalized spacial score (nSPS) is 19.1. The molecular weight excluding hydrogens is 332 g/mol. The minimum absolute atomic E-state index is 0.0280. The zero-order valence-electron chi connectivity index (χ0n) is 14.9. The molecule has 0 amide bonds. The number of halogens is 1. The molecule has 1 aromatic rings. The smallest absolute Gasteiger partial charge is 0.416 e. The molecule has 0 aliphatic carbocycles. The van der Waals surface area contributed by atoms with E-state index >= 15 is 0 Å². The molecular formula is C15H23BFNO5Si. The van der Waals surface area contributed by atoms with Gasteiger partial charge in [0, 0.05) is 5.56 Å². The highest BCUT2D eigenvalue weighted by Crippen LogP contribution is 2.37. The van der Waals surface area contributed by atoms with Crippen molar-refractivity contribution >= 4 is 27.3 Å². The van der Waals surface area contributed by atoms with Gasteiger partial charge in [0.25, 0.3) is 0 Å². The number of nitro benzene ring substituents is 1. The van der Waals surface area contributed by atoms with E-state index in [1.807, 2.05) is 40.8 Å². The van der Waals surface area contributed by atoms with Gasteiger partial charge in [0.15, 0.2) is 9.04 Å². The van der Waals surface area contributed by atoms with Crippen molar-refractivity contribution in [3.63, 3.8) is 0 Å². The lowest BCUT2D eigenvalue weighted by Gasteiger charge is -2.32. The van der Waals surface area contributed by atoms with E-state index in [0.29, 0.717) is 0 Å². The van der Waals surface area contributed by atoms with Crippen LogP contribution in [0.3, 0.4) is 0 Å². The molecule has 1 heterocycles. The first-order valence-electron chi connectivity index (χ1n) is 7.89. The SMILES string of the molecule is C[SiH](C)OCc1ccc(B2OC(C)(C)C(C)(C)O2)c([N+](=O)[O-])c1F. The fourth-order valence-electron chi connectivity index (χ4n) is 2.33. The zero-order valence-corrected chi connectivity index (χ0v) is 16.0. The standard InChI is InChI=1S/C15H23BFNO5Si/c1-14(2)15(3,4)23-16(22-14)11-8-7-10(9-21-24(5)6)12(17)13(11)18(19)20/h7-8,24H,9H2,1-6H3. The summed E-state index contributed by atoms with van der Waals surface area (Å²) in [5.41, 5.74) is -1.68. The first-order chi connectivity index (χ1) is 11.0. The van der Waals surface area contributed by atoms with Crippen molar-refractivity contribution in [2.45, 2.75) is 58.6 Å². The van der Waals surface area contributed by atoms with E-state index in [0.717, 1.165) is 0 Å². The molecule has 1 aliphatic heterocycles. The third-order valence-corrected chi connectivity index (χ3v) is 5.32. The summed E-state index contributed by atoms with van der Waals surface area (Å²) in [6.07, 6.45) is 0. The predicted octanol–water partition coefficient (Wildman–Crippen LogP) is 2.53. The van der Waals surface area contributed by atoms with Crippen LogP contribution in [0.15, 0.2) is 12.1 Å². The highest BCUT2D eigenvalue weighted by molar-refractivity contribution is 6.63. The number of nitrogens with zero attached hydrogens (tertiary/aromatic N) is 1. The maximum atomic E-state index is 14.7. The lowest BCUT2D eigenvalue weighted by atomic mass is 9.77. The van der Waals surface area contributed by atoms with Crippen LogP contribution in [0.5, 0.6) is 0 Å². The van der Waals surface area contributed by atoms with Crippen molar-refractivity contribution in [3.8, 4) is 0 Å². The van der Waals surface area contributed by atoms with Crippen molar-refractivity contribution in [2.75, 3.05) is 0 Å². The molecule has 0 spiro atoms. The maximum Gasteiger partial charge on any atom is 0.502 e. The summed E-state index contributed by atoms with van der Waals surface area (Å²) in [6.45, 7) is 11.3. The molecule has 1 aliphatic rings. The molecule has 1 saturated heterocycles. The van der Waals surface area contributed by atoms with Gasteiger partial charge in [-0.05, 0) is 40.8 Å². The summed E-state index contributed by atoms with van der Waals surface area (Å²) >= 11 is 0. The number of benzene rings is 1. The minimum atomic E-state index is -1.36. The number of hydrogen-bond donors (Lipinski definition) is 0. The Morgan fingerprint density at radius 3 is 2.25 bits per heavy atom. The quantitative estimate of drug-likeness (QED) is 0.461. The number of nitro groups is 1. The van der Waals surface area contributed by atoms with E-state index in [-0.39, 0.29) is 17.6 Å². The van der Waals surface area contributed by atoms with Crippen LogP contribution in [0.2, 0.25) is 13.1 Å². The highest BCUT2D eigenvalue weighted by Gasteiger charge is 2.53. The van der Waals surface area contributed by atoms with Gasteiger partial charge in [-0.1, -0.05) is 12.1 Å². The molecule has 0 unspecified atom stereocenters. The van der Waals surface area contributed by atoms with E-state index in [4.69, 9.17) is 13.7 Å². The fourth-order valence-corrected chi connectivity index (χ4v) is 2.85. The third kappa shape index (κ3) is 3.54. The van der Waals surface area contributed by atoms with Crippen molar-refractivity contribution in [1.82, 2.24) is 0 Å². The Labute approximate surface area is 143 Å². The lowest BCUT2D eigenvalue weighted by molar-refractivity contribution is -0.386. The average Bonchev–Trinajstić information content (AvgIpc) is 2.65. The van der Waals surface area contributed by atoms with Crippen molar-refractivity contribution in [1.29, 1.82) is 0 Å². The van der Waals surface area contributed by atoms with Crippen LogP contribution < -0.4 is 5.46 Å². The topological polar surface area (TPSA) is 70.8 Å². The summed E-state index contributed by atoms with van der Waals surface area (Å²) in [5, 5.41) is 11.4.